The van der Waals surface area contributed by atoms with Crippen LogP contribution in [0.1, 0.15) is 42.4 Å². The van der Waals surface area contributed by atoms with Crippen LogP contribution in [0.15, 0.2) is 48.8 Å². The Kier molecular flexibility index (Phi) is 9.71. The molecular formula is C36H45N7O5. The van der Waals surface area contributed by atoms with Gasteiger partial charge in [-0.2, -0.15) is 0 Å². The van der Waals surface area contributed by atoms with E-state index in [1.165, 1.54) is 0 Å². The van der Waals surface area contributed by atoms with Crippen molar-refractivity contribution in [2.45, 2.75) is 63.6 Å². The van der Waals surface area contributed by atoms with Gasteiger partial charge in [-0.05, 0) is 67.9 Å². The van der Waals surface area contributed by atoms with E-state index in [1.54, 1.807) is 17.3 Å². The van der Waals surface area contributed by atoms with E-state index in [4.69, 9.17) is 9.47 Å². The Morgan fingerprint density at radius 3 is 2.46 bits per heavy atom. The summed E-state index contributed by atoms with van der Waals surface area (Å²) >= 11 is 0. The zero-order chi connectivity index (χ0) is 33.0. The van der Waals surface area contributed by atoms with Crippen molar-refractivity contribution >= 4 is 34.8 Å². The lowest BCUT2D eigenvalue weighted by Crippen LogP contribution is -2.56. The standard InChI is InChI=1S/C36H45N7O5/c1-25-22-26(23-31-33(25)38-12-11-37-31)24-32(34(44)41-18-16-40(17-19-41)28-9-20-47-21-10-28)48-36(46)42-13-7-29(8-14-42)43-15-6-27-4-2-3-5-30(27)39-35(43)45/h2-5,11-12,22-23,28-29,32H,6-10,13-21,24H2,1H3,(H,39,45)/t32-/m1/s1. The van der Waals surface area contributed by atoms with Gasteiger partial charge in [0.1, 0.15) is 0 Å². The number of benzene rings is 2. The van der Waals surface area contributed by atoms with Crippen LogP contribution in [0.3, 0.4) is 0 Å². The van der Waals surface area contributed by atoms with Gasteiger partial charge < -0.3 is 29.5 Å². The SMILES string of the molecule is Cc1cc(C[C@@H](OC(=O)N2CCC(N3CCc4ccccc4NC3=O)CC2)C(=O)N2CCN(C3CCOCC3)CC2)cc2nccnc12. The smallest absolute Gasteiger partial charge is 0.410 e. The fraction of sp³-hybridized carbons (Fsp3) is 0.528. The molecule has 254 valence electrons. The third-order valence-electron chi connectivity index (χ3n) is 10.4. The van der Waals surface area contributed by atoms with Crippen molar-refractivity contribution in [2.75, 3.05) is 64.3 Å². The Morgan fingerprint density at radius 1 is 0.917 bits per heavy atom. The van der Waals surface area contributed by atoms with Gasteiger partial charge in [0.2, 0.25) is 0 Å². The van der Waals surface area contributed by atoms with E-state index in [0.717, 1.165) is 79.0 Å². The van der Waals surface area contributed by atoms with Gasteiger partial charge in [0.05, 0.1) is 11.0 Å². The number of aromatic nitrogens is 2. The van der Waals surface area contributed by atoms with E-state index in [1.807, 2.05) is 53.1 Å². The van der Waals surface area contributed by atoms with Crippen LogP contribution >= 0.6 is 0 Å². The molecule has 4 amide bonds. The molecule has 12 heteroatoms. The highest BCUT2D eigenvalue weighted by Gasteiger charge is 2.36. The van der Waals surface area contributed by atoms with Gasteiger partial charge in [-0.15, -0.1) is 0 Å². The first-order valence-electron chi connectivity index (χ1n) is 17.3. The molecule has 0 unspecified atom stereocenters. The molecule has 2 aromatic carbocycles. The zero-order valence-electron chi connectivity index (χ0n) is 27.7. The van der Waals surface area contributed by atoms with Crippen LogP contribution in [0, 0.1) is 6.92 Å². The number of nitrogens with zero attached hydrogens (tertiary/aromatic N) is 6. The fourth-order valence-electron chi connectivity index (χ4n) is 7.69. The predicted octanol–water partition coefficient (Wildman–Crippen LogP) is 3.86. The van der Waals surface area contributed by atoms with Crippen molar-refractivity contribution in [1.29, 1.82) is 0 Å². The van der Waals surface area contributed by atoms with Gasteiger partial charge in [0.15, 0.2) is 6.10 Å². The number of carbonyl (C=O) groups is 3. The van der Waals surface area contributed by atoms with E-state index in [2.05, 4.69) is 20.2 Å². The number of fused-ring (bicyclic) bond motifs is 2. The van der Waals surface area contributed by atoms with Crippen molar-refractivity contribution < 1.29 is 23.9 Å². The number of amides is 4. The number of anilines is 1. The van der Waals surface area contributed by atoms with E-state index in [0.29, 0.717) is 51.6 Å². The number of piperidine rings is 1. The first kappa shape index (κ1) is 32.3. The number of carbonyl (C=O) groups excluding carboxylic acids is 3. The highest BCUT2D eigenvalue weighted by atomic mass is 16.6. The van der Waals surface area contributed by atoms with E-state index < -0.39 is 12.2 Å². The summed E-state index contributed by atoms with van der Waals surface area (Å²) < 4.78 is 11.7. The van der Waals surface area contributed by atoms with Crippen LogP contribution in [-0.4, -0.2) is 125 Å². The third kappa shape index (κ3) is 7.09. The number of hydrogen-bond donors (Lipinski definition) is 1. The van der Waals surface area contributed by atoms with Crippen molar-refractivity contribution in [3.63, 3.8) is 0 Å². The molecule has 3 aromatic rings. The molecular weight excluding hydrogens is 610 g/mol. The fourth-order valence-corrected chi connectivity index (χ4v) is 7.69. The van der Waals surface area contributed by atoms with Gasteiger partial charge >= 0.3 is 12.1 Å². The molecule has 4 aliphatic heterocycles. The minimum absolute atomic E-state index is 0.0227. The Morgan fingerprint density at radius 2 is 1.67 bits per heavy atom. The minimum atomic E-state index is -0.965. The molecule has 0 bridgehead atoms. The first-order chi connectivity index (χ1) is 23.4. The summed E-state index contributed by atoms with van der Waals surface area (Å²) in [4.78, 5) is 57.7. The van der Waals surface area contributed by atoms with Crippen LogP contribution in [0.4, 0.5) is 15.3 Å². The minimum Gasteiger partial charge on any atom is -0.436 e. The summed E-state index contributed by atoms with van der Waals surface area (Å²) in [5.74, 6) is -0.164. The molecule has 1 aromatic heterocycles. The molecule has 0 saturated carbocycles. The largest absolute Gasteiger partial charge is 0.436 e. The van der Waals surface area contributed by atoms with Crippen molar-refractivity contribution in [1.82, 2.24) is 29.6 Å². The van der Waals surface area contributed by atoms with Crippen LogP contribution in [0.25, 0.3) is 11.0 Å². The molecule has 1 N–H and O–H groups in total. The number of ether oxygens (including phenoxy) is 2. The van der Waals surface area contributed by atoms with Crippen molar-refractivity contribution in [2.24, 2.45) is 0 Å². The molecule has 0 radical (unpaired) electrons. The number of hydrogen-bond acceptors (Lipinski definition) is 8. The van der Waals surface area contributed by atoms with E-state index >= 15 is 0 Å². The lowest BCUT2D eigenvalue weighted by atomic mass is 10.0. The average Bonchev–Trinajstić information content (AvgIpc) is 3.29. The van der Waals surface area contributed by atoms with Gasteiger partial charge in [0, 0.05) is 95.6 Å². The Hall–Kier alpha value is -4.29. The maximum Gasteiger partial charge on any atom is 0.410 e. The topological polar surface area (TPSA) is 120 Å². The van der Waals surface area contributed by atoms with Gasteiger partial charge in [-0.1, -0.05) is 24.3 Å². The molecule has 48 heavy (non-hydrogen) atoms. The molecule has 1 atom stereocenters. The Bertz CT molecular complexity index is 1630. The zero-order valence-corrected chi connectivity index (χ0v) is 27.7. The van der Waals surface area contributed by atoms with E-state index in [-0.39, 0.29) is 24.4 Å². The number of urea groups is 1. The summed E-state index contributed by atoms with van der Waals surface area (Å²) in [7, 11) is 0. The van der Waals surface area contributed by atoms with Crippen molar-refractivity contribution in [3.8, 4) is 0 Å². The summed E-state index contributed by atoms with van der Waals surface area (Å²) in [6, 6.07) is 12.3. The second-order valence-corrected chi connectivity index (χ2v) is 13.4. The van der Waals surface area contributed by atoms with Crippen molar-refractivity contribution in [3.05, 3.63) is 65.5 Å². The average molecular weight is 656 g/mol. The quantitative estimate of drug-likeness (QED) is 0.425. The number of para-hydroxylation sites is 1. The second-order valence-electron chi connectivity index (χ2n) is 13.4. The Labute approximate surface area is 281 Å². The number of piperazine rings is 1. The summed E-state index contributed by atoms with van der Waals surface area (Å²) in [6.07, 6.45) is 6.24. The summed E-state index contributed by atoms with van der Waals surface area (Å²) in [6.45, 7) is 7.87. The summed E-state index contributed by atoms with van der Waals surface area (Å²) in [5, 5.41) is 3.06. The summed E-state index contributed by atoms with van der Waals surface area (Å²) in [5.41, 5.74) is 5.39. The van der Waals surface area contributed by atoms with Gasteiger partial charge in [-0.3, -0.25) is 19.7 Å². The molecule has 3 saturated heterocycles. The molecule has 0 spiro atoms. The maximum absolute atomic E-state index is 14.1. The lowest BCUT2D eigenvalue weighted by molar-refractivity contribution is -0.143. The Balaban J connectivity index is 1.01. The molecule has 0 aliphatic carbocycles. The van der Waals surface area contributed by atoms with Gasteiger partial charge in [0.25, 0.3) is 5.91 Å². The molecule has 3 fully saturated rings. The number of rotatable bonds is 6. The lowest BCUT2D eigenvalue weighted by Gasteiger charge is -2.41. The second kappa shape index (κ2) is 14.4. The highest BCUT2D eigenvalue weighted by molar-refractivity contribution is 5.91. The first-order valence-corrected chi connectivity index (χ1v) is 17.3. The van der Waals surface area contributed by atoms with Crippen LogP contribution in [0.2, 0.25) is 0 Å². The maximum atomic E-state index is 14.1. The third-order valence-corrected chi connectivity index (χ3v) is 10.4. The molecule has 12 nitrogen and oxygen atoms in total. The number of aryl methyl sites for hydroxylation is 1. The predicted molar refractivity (Wildman–Crippen MR) is 181 cm³/mol. The number of likely N-dealkylation sites (tertiary alicyclic amines) is 1. The molecule has 7 rings (SSSR count). The van der Waals surface area contributed by atoms with Crippen LogP contribution in [-0.2, 0) is 27.1 Å². The van der Waals surface area contributed by atoms with Crippen LogP contribution < -0.4 is 5.32 Å². The molecule has 4 aliphatic rings. The normalized spacial score (nSPS) is 20.6. The number of nitrogens with one attached hydrogen (secondary N) is 1. The molecule has 5 heterocycles. The highest BCUT2D eigenvalue weighted by Crippen LogP contribution is 2.26. The van der Waals surface area contributed by atoms with Gasteiger partial charge in [-0.25, -0.2) is 9.59 Å². The van der Waals surface area contributed by atoms with E-state index in [9.17, 15) is 14.4 Å². The monoisotopic (exact) mass is 655 g/mol. The van der Waals surface area contributed by atoms with Crippen LogP contribution in [0.5, 0.6) is 0 Å².